The van der Waals surface area contributed by atoms with Crippen LogP contribution in [0.25, 0.3) is 11.0 Å². The Morgan fingerprint density at radius 2 is 2.05 bits per heavy atom. The summed E-state index contributed by atoms with van der Waals surface area (Å²) in [5.74, 6) is 0.377. The van der Waals surface area contributed by atoms with Crippen LogP contribution in [0.5, 0.6) is 0 Å². The molecule has 0 aliphatic rings. The van der Waals surface area contributed by atoms with Gasteiger partial charge in [-0.2, -0.15) is 0 Å². The van der Waals surface area contributed by atoms with Crippen molar-refractivity contribution in [3.8, 4) is 0 Å². The third-order valence-corrected chi connectivity index (χ3v) is 3.43. The summed E-state index contributed by atoms with van der Waals surface area (Å²) in [7, 11) is 0. The first-order valence-electron chi connectivity index (χ1n) is 6.92. The van der Waals surface area contributed by atoms with Gasteiger partial charge in [0.2, 0.25) is 0 Å². The maximum atomic E-state index is 11.3. The Labute approximate surface area is 118 Å². The Bertz CT molecular complexity index is 601. The molecule has 20 heavy (non-hydrogen) atoms. The zero-order chi connectivity index (χ0) is 14.7. The lowest BCUT2D eigenvalue weighted by molar-refractivity contribution is -0.140. The van der Waals surface area contributed by atoms with E-state index in [0.29, 0.717) is 18.9 Å². The van der Waals surface area contributed by atoms with Crippen LogP contribution in [0.1, 0.15) is 31.6 Å². The minimum absolute atomic E-state index is 0.339. The number of furan rings is 1. The summed E-state index contributed by atoms with van der Waals surface area (Å²) in [6.07, 6.45) is 0.615. The van der Waals surface area contributed by atoms with Gasteiger partial charge in [0.05, 0.1) is 0 Å². The molecular formula is C16H21NO3. The highest BCUT2D eigenvalue weighted by molar-refractivity contribution is 5.82. The Hall–Kier alpha value is -1.81. The minimum Gasteiger partial charge on any atom is -0.480 e. The molecule has 0 bridgehead atoms. The van der Waals surface area contributed by atoms with Gasteiger partial charge in [-0.15, -0.1) is 0 Å². The van der Waals surface area contributed by atoms with Gasteiger partial charge >= 0.3 is 5.97 Å². The molecule has 0 amide bonds. The van der Waals surface area contributed by atoms with Gasteiger partial charge in [-0.1, -0.05) is 32.0 Å². The van der Waals surface area contributed by atoms with Gasteiger partial charge in [-0.25, -0.2) is 0 Å². The summed E-state index contributed by atoms with van der Waals surface area (Å²) >= 11 is 0. The fourth-order valence-electron chi connectivity index (χ4n) is 2.41. The molecule has 4 heteroatoms. The second-order valence-electron chi connectivity index (χ2n) is 5.53. The number of fused-ring (bicyclic) bond motifs is 1. The average molecular weight is 275 g/mol. The number of benzene rings is 1. The van der Waals surface area contributed by atoms with Crippen molar-refractivity contribution in [3.63, 3.8) is 0 Å². The molecule has 2 rings (SSSR count). The molecule has 1 unspecified atom stereocenters. The molecule has 1 aromatic heterocycles. The van der Waals surface area contributed by atoms with E-state index in [-0.39, 0.29) is 0 Å². The van der Waals surface area contributed by atoms with Crippen molar-refractivity contribution in [1.82, 2.24) is 5.32 Å². The van der Waals surface area contributed by atoms with E-state index in [4.69, 9.17) is 4.42 Å². The van der Waals surface area contributed by atoms with Gasteiger partial charge in [0, 0.05) is 17.5 Å². The van der Waals surface area contributed by atoms with Gasteiger partial charge < -0.3 is 14.8 Å². The standard InChI is InChI=1S/C16H21NO3/c1-10(2)8-14(16(18)19)17-9-13-11(3)20-15-7-5-4-6-12(13)15/h4-7,10,14,17H,8-9H2,1-3H3,(H,18,19). The fourth-order valence-corrected chi connectivity index (χ4v) is 2.41. The molecule has 0 radical (unpaired) electrons. The van der Waals surface area contributed by atoms with Crippen molar-refractivity contribution in [2.45, 2.75) is 39.8 Å². The predicted octanol–water partition coefficient (Wildman–Crippen LogP) is 3.33. The van der Waals surface area contributed by atoms with Crippen LogP contribution in [0.2, 0.25) is 0 Å². The van der Waals surface area contributed by atoms with Gasteiger partial charge in [0.25, 0.3) is 0 Å². The molecular weight excluding hydrogens is 254 g/mol. The van der Waals surface area contributed by atoms with Crippen LogP contribution in [-0.2, 0) is 11.3 Å². The highest BCUT2D eigenvalue weighted by atomic mass is 16.4. The van der Waals surface area contributed by atoms with E-state index in [9.17, 15) is 9.90 Å². The summed E-state index contributed by atoms with van der Waals surface area (Å²) in [4.78, 5) is 11.3. The van der Waals surface area contributed by atoms with Gasteiger partial charge in [-0.05, 0) is 25.3 Å². The number of nitrogens with one attached hydrogen (secondary N) is 1. The average Bonchev–Trinajstić information content (AvgIpc) is 2.69. The number of hydrogen-bond donors (Lipinski definition) is 2. The number of carbonyl (C=O) groups is 1. The molecule has 0 aliphatic carbocycles. The van der Waals surface area contributed by atoms with E-state index >= 15 is 0 Å². The van der Waals surface area contributed by atoms with Gasteiger partial charge in [0.15, 0.2) is 0 Å². The van der Waals surface area contributed by atoms with Crippen molar-refractivity contribution in [2.24, 2.45) is 5.92 Å². The van der Waals surface area contributed by atoms with Gasteiger partial charge in [-0.3, -0.25) is 4.79 Å². The molecule has 4 nitrogen and oxygen atoms in total. The number of aryl methyl sites for hydroxylation is 1. The topological polar surface area (TPSA) is 62.5 Å². The summed E-state index contributed by atoms with van der Waals surface area (Å²) in [6, 6.07) is 7.30. The molecule has 108 valence electrons. The largest absolute Gasteiger partial charge is 0.480 e. The van der Waals surface area contributed by atoms with Gasteiger partial charge in [0.1, 0.15) is 17.4 Å². The van der Waals surface area contributed by atoms with Crippen LogP contribution in [0.4, 0.5) is 0 Å². The zero-order valence-electron chi connectivity index (χ0n) is 12.1. The Balaban J connectivity index is 2.15. The summed E-state index contributed by atoms with van der Waals surface area (Å²) in [5.41, 5.74) is 1.88. The number of carboxylic acid groups (broad SMARTS) is 1. The second-order valence-corrected chi connectivity index (χ2v) is 5.53. The third kappa shape index (κ3) is 3.20. The third-order valence-electron chi connectivity index (χ3n) is 3.43. The first-order valence-corrected chi connectivity index (χ1v) is 6.92. The predicted molar refractivity (Wildman–Crippen MR) is 78.7 cm³/mol. The molecule has 0 spiro atoms. The minimum atomic E-state index is -0.802. The van der Waals surface area contributed by atoms with Crippen molar-refractivity contribution in [3.05, 3.63) is 35.6 Å². The molecule has 2 aromatic rings. The SMILES string of the molecule is Cc1oc2ccccc2c1CNC(CC(C)C)C(=O)O. The van der Waals surface area contributed by atoms with Crippen LogP contribution < -0.4 is 5.32 Å². The van der Waals surface area contributed by atoms with E-state index in [0.717, 1.165) is 22.3 Å². The van der Waals surface area contributed by atoms with Crippen molar-refractivity contribution < 1.29 is 14.3 Å². The summed E-state index contributed by atoms with van der Waals surface area (Å²) in [6.45, 7) is 6.47. The Morgan fingerprint density at radius 3 is 2.70 bits per heavy atom. The first kappa shape index (κ1) is 14.6. The molecule has 0 saturated heterocycles. The van der Waals surface area contributed by atoms with Crippen molar-refractivity contribution in [1.29, 1.82) is 0 Å². The molecule has 1 aromatic carbocycles. The summed E-state index contributed by atoms with van der Waals surface area (Å²) in [5, 5.41) is 13.4. The normalized spacial score (nSPS) is 13.0. The number of rotatable bonds is 6. The first-order chi connectivity index (χ1) is 9.49. The molecule has 2 N–H and O–H groups in total. The molecule has 0 saturated carbocycles. The highest BCUT2D eigenvalue weighted by Gasteiger charge is 2.19. The molecule has 1 heterocycles. The van der Waals surface area contributed by atoms with Crippen LogP contribution >= 0.6 is 0 Å². The van der Waals surface area contributed by atoms with Crippen LogP contribution in [-0.4, -0.2) is 17.1 Å². The lowest BCUT2D eigenvalue weighted by Crippen LogP contribution is -2.37. The number of carboxylic acids is 1. The van der Waals surface area contributed by atoms with E-state index in [1.54, 1.807) is 0 Å². The lowest BCUT2D eigenvalue weighted by atomic mass is 10.0. The van der Waals surface area contributed by atoms with E-state index in [1.807, 2.05) is 45.0 Å². The Kier molecular flexibility index (Phi) is 4.45. The quantitative estimate of drug-likeness (QED) is 0.848. The lowest BCUT2D eigenvalue weighted by Gasteiger charge is -2.16. The van der Waals surface area contributed by atoms with Crippen LogP contribution in [0, 0.1) is 12.8 Å². The Morgan fingerprint density at radius 1 is 1.35 bits per heavy atom. The number of aliphatic carboxylic acids is 1. The fraction of sp³-hybridized carbons (Fsp3) is 0.438. The van der Waals surface area contributed by atoms with Crippen LogP contribution in [0.15, 0.2) is 28.7 Å². The van der Waals surface area contributed by atoms with E-state index in [1.165, 1.54) is 0 Å². The number of para-hydroxylation sites is 1. The highest BCUT2D eigenvalue weighted by Crippen LogP contribution is 2.25. The maximum absolute atomic E-state index is 11.3. The van der Waals surface area contributed by atoms with Crippen LogP contribution in [0.3, 0.4) is 0 Å². The molecule has 1 atom stereocenters. The zero-order valence-corrected chi connectivity index (χ0v) is 12.1. The number of hydrogen-bond acceptors (Lipinski definition) is 3. The molecule has 0 fully saturated rings. The van der Waals surface area contributed by atoms with E-state index < -0.39 is 12.0 Å². The maximum Gasteiger partial charge on any atom is 0.320 e. The summed E-state index contributed by atoms with van der Waals surface area (Å²) < 4.78 is 5.69. The second kappa shape index (κ2) is 6.09. The van der Waals surface area contributed by atoms with E-state index in [2.05, 4.69) is 5.32 Å². The monoisotopic (exact) mass is 275 g/mol. The molecule has 0 aliphatic heterocycles. The smallest absolute Gasteiger partial charge is 0.320 e. The van der Waals surface area contributed by atoms with Crippen molar-refractivity contribution in [2.75, 3.05) is 0 Å². The van der Waals surface area contributed by atoms with Crippen molar-refractivity contribution >= 4 is 16.9 Å².